The SMILES string of the molecule is CCCCCCCCCCC/C=C/C(O)C(CO)NC(=O)CC(O)CCCCCCCCCCCCCCCCCCCCCCC. The van der Waals surface area contributed by atoms with E-state index < -0.39 is 18.2 Å². The molecule has 0 saturated heterocycles. The molecule has 0 spiro atoms. The fourth-order valence-electron chi connectivity index (χ4n) is 6.58. The van der Waals surface area contributed by atoms with Gasteiger partial charge in [-0.1, -0.05) is 212 Å². The third kappa shape index (κ3) is 34.7. The topological polar surface area (TPSA) is 89.8 Å². The summed E-state index contributed by atoms with van der Waals surface area (Å²) in [5.74, 6) is -0.313. The number of amides is 1. The third-order valence-corrected chi connectivity index (χ3v) is 9.82. The zero-order valence-corrected chi connectivity index (χ0v) is 31.7. The Morgan fingerprint density at radius 2 is 0.872 bits per heavy atom. The van der Waals surface area contributed by atoms with Crippen LogP contribution in [0.15, 0.2) is 12.2 Å². The van der Waals surface area contributed by atoms with Crippen molar-refractivity contribution in [1.82, 2.24) is 5.32 Å². The second-order valence-electron chi connectivity index (χ2n) is 14.6. The number of aliphatic hydroxyl groups excluding tert-OH is 3. The Kier molecular flexibility index (Phi) is 37.2. The van der Waals surface area contributed by atoms with Gasteiger partial charge in [-0.05, 0) is 19.3 Å². The molecule has 0 aliphatic rings. The Labute approximate surface area is 293 Å². The second kappa shape index (κ2) is 37.9. The number of aliphatic hydroxyl groups is 3. The van der Waals surface area contributed by atoms with Gasteiger partial charge in [-0.2, -0.15) is 0 Å². The molecule has 3 atom stereocenters. The first-order chi connectivity index (χ1) is 23.0. The van der Waals surface area contributed by atoms with Crippen LogP contribution in [0.25, 0.3) is 0 Å². The monoisotopic (exact) mass is 666 g/mol. The third-order valence-electron chi connectivity index (χ3n) is 9.82. The summed E-state index contributed by atoms with van der Waals surface area (Å²) in [6.45, 7) is 4.20. The molecular formula is C42H83NO4. The summed E-state index contributed by atoms with van der Waals surface area (Å²) in [5.41, 5.74) is 0. The van der Waals surface area contributed by atoms with E-state index in [0.29, 0.717) is 6.42 Å². The molecule has 3 unspecified atom stereocenters. The van der Waals surface area contributed by atoms with Crippen LogP contribution in [0.3, 0.4) is 0 Å². The van der Waals surface area contributed by atoms with Gasteiger partial charge in [0.25, 0.3) is 0 Å². The van der Waals surface area contributed by atoms with Crippen molar-refractivity contribution in [2.45, 2.75) is 244 Å². The molecule has 0 aliphatic heterocycles. The Morgan fingerprint density at radius 1 is 0.532 bits per heavy atom. The van der Waals surface area contributed by atoms with Crippen molar-refractivity contribution < 1.29 is 20.1 Å². The second-order valence-corrected chi connectivity index (χ2v) is 14.6. The lowest BCUT2D eigenvalue weighted by molar-refractivity contribution is -0.124. The van der Waals surface area contributed by atoms with E-state index in [-0.39, 0.29) is 18.9 Å². The van der Waals surface area contributed by atoms with Crippen LogP contribution < -0.4 is 5.32 Å². The van der Waals surface area contributed by atoms with Crippen LogP contribution in [0.4, 0.5) is 0 Å². The molecule has 5 nitrogen and oxygen atoms in total. The Morgan fingerprint density at radius 3 is 1.23 bits per heavy atom. The first-order valence-corrected chi connectivity index (χ1v) is 21.0. The number of allylic oxidation sites excluding steroid dienone is 1. The molecule has 0 fully saturated rings. The molecule has 4 N–H and O–H groups in total. The lowest BCUT2D eigenvalue weighted by Crippen LogP contribution is -2.45. The van der Waals surface area contributed by atoms with Crippen molar-refractivity contribution in [3.63, 3.8) is 0 Å². The highest BCUT2D eigenvalue weighted by Gasteiger charge is 2.20. The summed E-state index contributed by atoms with van der Waals surface area (Å²) in [6.07, 6.45) is 43.5. The van der Waals surface area contributed by atoms with Crippen molar-refractivity contribution in [3.05, 3.63) is 12.2 Å². The molecule has 0 heterocycles. The minimum atomic E-state index is -0.922. The molecule has 0 aromatic carbocycles. The van der Waals surface area contributed by atoms with Crippen LogP contribution in [0, 0.1) is 0 Å². The molecule has 5 heteroatoms. The Bertz CT molecular complexity index is 655. The number of carbonyl (C=O) groups is 1. The van der Waals surface area contributed by atoms with Crippen molar-refractivity contribution in [1.29, 1.82) is 0 Å². The van der Waals surface area contributed by atoms with Crippen LogP contribution in [0.1, 0.15) is 226 Å². The van der Waals surface area contributed by atoms with E-state index in [1.165, 1.54) is 173 Å². The maximum atomic E-state index is 12.4. The van der Waals surface area contributed by atoms with Gasteiger partial charge >= 0.3 is 0 Å². The number of hydrogen-bond donors (Lipinski definition) is 4. The van der Waals surface area contributed by atoms with E-state index in [9.17, 15) is 20.1 Å². The Hall–Kier alpha value is -0.910. The molecule has 1 amide bonds. The van der Waals surface area contributed by atoms with E-state index in [0.717, 1.165) is 25.7 Å². The zero-order chi connectivity index (χ0) is 34.5. The van der Waals surface area contributed by atoms with Crippen LogP contribution in [-0.2, 0) is 4.79 Å². The minimum Gasteiger partial charge on any atom is -0.394 e. The molecule has 0 aromatic rings. The molecule has 0 saturated carbocycles. The minimum absolute atomic E-state index is 0.0184. The van der Waals surface area contributed by atoms with Gasteiger partial charge in [0, 0.05) is 0 Å². The van der Waals surface area contributed by atoms with E-state index in [1.807, 2.05) is 6.08 Å². The van der Waals surface area contributed by atoms with Crippen LogP contribution >= 0.6 is 0 Å². The standard InChI is InChI=1S/C42H83NO4/c1-3-5-7-9-11-13-15-16-17-18-19-20-21-22-23-24-26-27-29-31-33-35-39(45)37-42(47)43-40(38-44)41(46)36-34-32-30-28-25-14-12-10-8-6-4-2/h34,36,39-41,44-46H,3-33,35,37-38H2,1-2H3,(H,43,47)/b36-34+. The van der Waals surface area contributed by atoms with Gasteiger partial charge in [0.15, 0.2) is 0 Å². The van der Waals surface area contributed by atoms with Gasteiger partial charge < -0.3 is 20.6 Å². The van der Waals surface area contributed by atoms with Crippen LogP contribution in [-0.4, -0.2) is 46.1 Å². The van der Waals surface area contributed by atoms with E-state index in [1.54, 1.807) is 6.08 Å². The predicted molar refractivity (Wildman–Crippen MR) is 204 cm³/mol. The van der Waals surface area contributed by atoms with Crippen molar-refractivity contribution in [2.75, 3.05) is 6.61 Å². The van der Waals surface area contributed by atoms with Crippen molar-refractivity contribution in [3.8, 4) is 0 Å². The summed E-state index contributed by atoms with van der Waals surface area (Å²) in [6, 6.07) is -0.737. The normalized spacial score (nSPS) is 13.7. The number of unbranched alkanes of at least 4 members (excludes halogenated alkanes) is 29. The highest BCUT2D eigenvalue weighted by molar-refractivity contribution is 5.76. The molecule has 0 aliphatic carbocycles. The predicted octanol–water partition coefficient (Wildman–Crippen LogP) is 11.7. The summed E-state index contributed by atoms with van der Waals surface area (Å²) < 4.78 is 0. The average molecular weight is 666 g/mol. The highest BCUT2D eigenvalue weighted by Crippen LogP contribution is 2.16. The fraction of sp³-hybridized carbons (Fsp3) is 0.929. The first kappa shape index (κ1) is 46.1. The molecule has 0 aromatic heterocycles. The smallest absolute Gasteiger partial charge is 0.222 e. The number of hydrogen-bond acceptors (Lipinski definition) is 4. The van der Waals surface area contributed by atoms with Crippen molar-refractivity contribution in [2.24, 2.45) is 0 Å². The molecule has 0 bridgehead atoms. The van der Waals surface area contributed by atoms with Gasteiger partial charge in [0.2, 0.25) is 5.91 Å². The zero-order valence-electron chi connectivity index (χ0n) is 31.7. The molecule has 0 rings (SSSR count). The van der Waals surface area contributed by atoms with E-state index >= 15 is 0 Å². The number of carbonyl (C=O) groups excluding carboxylic acids is 1. The van der Waals surface area contributed by atoms with Gasteiger partial charge in [-0.3, -0.25) is 4.79 Å². The Balaban J connectivity index is 3.59. The van der Waals surface area contributed by atoms with Gasteiger partial charge in [-0.25, -0.2) is 0 Å². The average Bonchev–Trinajstić information content (AvgIpc) is 3.06. The fourth-order valence-corrected chi connectivity index (χ4v) is 6.58. The lowest BCUT2D eigenvalue weighted by Gasteiger charge is -2.21. The van der Waals surface area contributed by atoms with Gasteiger partial charge in [-0.15, -0.1) is 0 Å². The summed E-state index contributed by atoms with van der Waals surface area (Å²) in [7, 11) is 0. The maximum Gasteiger partial charge on any atom is 0.222 e. The maximum absolute atomic E-state index is 12.4. The van der Waals surface area contributed by atoms with Crippen molar-refractivity contribution >= 4 is 5.91 Å². The van der Waals surface area contributed by atoms with E-state index in [2.05, 4.69) is 19.2 Å². The summed E-state index contributed by atoms with van der Waals surface area (Å²) in [5, 5.41) is 33.1. The van der Waals surface area contributed by atoms with Crippen LogP contribution in [0.5, 0.6) is 0 Å². The summed E-state index contributed by atoms with van der Waals surface area (Å²) >= 11 is 0. The van der Waals surface area contributed by atoms with Gasteiger partial charge in [0.1, 0.15) is 0 Å². The number of rotatable bonds is 38. The molecular weight excluding hydrogens is 582 g/mol. The highest BCUT2D eigenvalue weighted by atomic mass is 16.3. The van der Waals surface area contributed by atoms with Gasteiger partial charge in [0.05, 0.1) is 31.3 Å². The summed E-state index contributed by atoms with van der Waals surface area (Å²) in [4.78, 5) is 12.4. The molecule has 0 radical (unpaired) electrons. The largest absolute Gasteiger partial charge is 0.394 e. The van der Waals surface area contributed by atoms with Crippen LogP contribution in [0.2, 0.25) is 0 Å². The lowest BCUT2D eigenvalue weighted by atomic mass is 10.0. The van der Waals surface area contributed by atoms with E-state index in [4.69, 9.17) is 0 Å². The first-order valence-electron chi connectivity index (χ1n) is 21.0. The molecule has 47 heavy (non-hydrogen) atoms. The molecule has 280 valence electrons. The quantitative estimate of drug-likeness (QED) is 0.0390. The number of nitrogens with one attached hydrogen (secondary N) is 1.